The number of carbonyl (C=O) groups excluding carboxylic acids is 2. The van der Waals surface area contributed by atoms with E-state index in [-0.39, 0.29) is 22.7 Å². The highest BCUT2D eigenvalue weighted by Gasteiger charge is 2.69. The monoisotopic (exact) mass is 310 g/mol. The summed E-state index contributed by atoms with van der Waals surface area (Å²) < 4.78 is 0. The van der Waals surface area contributed by atoms with Crippen LogP contribution in [0.15, 0.2) is 24.3 Å². The summed E-state index contributed by atoms with van der Waals surface area (Å²) >= 11 is 0. The lowest BCUT2D eigenvalue weighted by Gasteiger charge is -2.58. The Morgan fingerprint density at radius 3 is 2.57 bits per heavy atom. The molecule has 0 radical (unpaired) electrons. The molecule has 4 aliphatic rings. The largest absolute Gasteiger partial charge is 0.300 e. The molecule has 4 saturated carbocycles. The second kappa shape index (κ2) is 4.55. The predicted octanol–water partition coefficient (Wildman–Crippen LogP) is 4.31. The van der Waals surface area contributed by atoms with Crippen molar-refractivity contribution in [3.05, 3.63) is 35.4 Å². The number of hydrogen-bond acceptors (Lipinski definition) is 2. The summed E-state index contributed by atoms with van der Waals surface area (Å²) in [7, 11) is 0. The third kappa shape index (κ3) is 1.81. The van der Waals surface area contributed by atoms with Gasteiger partial charge in [-0.2, -0.15) is 0 Å². The number of benzene rings is 1. The Balaban J connectivity index is 1.92. The Hall–Kier alpha value is -1.44. The molecule has 122 valence electrons. The summed E-state index contributed by atoms with van der Waals surface area (Å²) in [6.45, 7) is 8.39. The molecule has 5 rings (SSSR count). The number of rotatable bonds is 2. The molecule has 2 heteroatoms. The van der Waals surface area contributed by atoms with Crippen molar-refractivity contribution in [3.8, 4) is 0 Å². The smallest absolute Gasteiger partial charge is 0.139 e. The minimum atomic E-state index is -0.301. The van der Waals surface area contributed by atoms with Crippen LogP contribution in [0, 0.1) is 35.5 Å². The SMILES string of the molecule is CC(=O)[C@H]1C[C@]2(C)C[C@@]3(C)C(=O)C[C@@H]2[C@@H]1[C@@H]3c1ccccc1C. The van der Waals surface area contributed by atoms with Crippen LogP contribution in [0.3, 0.4) is 0 Å². The molecule has 4 aliphatic carbocycles. The van der Waals surface area contributed by atoms with E-state index in [1.807, 2.05) is 0 Å². The predicted molar refractivity (Wildman–Crippen MR) is 90.1 cm³/mol. The lowest BCUT2D eigenvalue weighted by molar-refractivity contribution is -0.152. The molecular formula is C21H26O2. The molecule has 4 bridgehead atoms. The molecule has 2 nitrogen and oxygen atoms in total. The van der Waals surface area contributed by atoms with E-state index in [0.29, 0.717) is 29.8 Å². The van der Waals surface area contributed by atoms with Crippen LogP contribution in [0.25, 0.3) is 0 Å². The third-order valence-electron chi connectivity index (χ3n) is 7.44. The van der Waals surface area contributed by atoms with Crippen molar-refractivity contribution in [2.75, 3.05) is 0 Å². The van der Waals surface area contributed by atoms with Crippen molar-refractivity contribution in [3.63, 3.8) is 0 Å². The van der Waals surface area contributed by atoms with Crippen molar-refractivity contribution >= 4 is 11.6 Å². The number of hydrogen-bond donors (Lipinski definition) is 0. The van der Waals surface area contributed by atoms with E-state index in [4.69, 9.17) is 0 Å². The maximum atomic E-state index is 12.9. The molecule has 6 atom stereocenters. The van der Waals surface area contributed by atoms with Gasteiger partial charge in [0.25, 0.3) is 0 Å². The van der Waals surface area contributed by atoms with E-state index >= 15 is 0 Å². The fourth-order valence-electron chi connectivity index (χ4n) is 6.56. The van der Waals surface area contributed by atoms with Gasteiger partial charge in [0.2, 0.25) is 0 Å². The average Bonchev–Trinajstić information content (AvgIpc) is 2.69. The van der Waals surface area contributed by atoms with Gasteiger partial charge in [0, 0.05) is 23.7 Å². The molecule has 23 heavy (non-hydrogen) atoms. The molecule has 0 saturated heterocycles. The highest BCUT2D eigenvalue weighted by molar-refractivity contribution is 5.90. The molecule has 0 aromatic heterocycles. The summed E-state index contributed by atoms with van der Waals surface area (Å²) in [5.74, 6) is 1.81. The molecule has 1 aromatic carbocycles. The van der Waals surface area contributed by atoms with Crippen LogP contribution in [-0.4, -0.2) is 11.6 Å². The lowest BCUT2D eigenvalue weighted by Crippen LogP contribution is -2.56. The number of carbonyl (C=O) groups is 2. The van der Waals surface area contributed by atoms with Crippen molar-refractivity contribution < 1.29 is 9.59 Å². The van der Waals surface area contributed by atoms with Gasteiger partial charge in [-0.1, -0.05) is 38.1 Å². The quantitative estimate of drug-likeness (QED) is 0.815. The number of ketones is 2. The fraction of sp³-hybridized carbons (Fsp3) is 0.619. The van der Waals surface area contributed by atoms with Gasteiger partial charge >= 0.3 is 0 Å². The maximum absolute atomic E-state index is 12.9. The minimum absolute atomic E-state index is 0.129. The van der Waals surface area contributed by atoms with E-state index in [2.05, 4.69) is 45.0 Å². The third-order valence-corrected chi connectivity index (χ3v) is 7.44. The summed E-state index contributed by atoms with van der Waals surface area (Å²) in [4.78, 5) is 25.3. The molecule has 0 spiro atoms. The first-order chi connectivity index (χ1) is 10.8. The molecule has 0 heterocycles. The second-order valence-electron chi connectivity index (χ2n) is 8.81. The van der Waals surface area contributed by atoms with E-state index in [1.165, 1.54) is 11.1 Å². The Morgan fingerprint density at radius 1 is 1.22 bits per heavy atom. The van der Waals surface area contributed by atoms with Gasteiger partial charge in [0.15, 0.2) is 0 Å². The van der Waals surface area contributed by atoms with Gasteiger partial charge in [0.05, 0.1) is 0 Å². The van der Waals surface area contributed by atoms with Gasteiger partial charge < -0.3 is 0 Å². The Kier molecular flexibility index (Phi) is 2.99. The maximum Gasteiger partial charge on any atom is 0.139 e. The fourth-order valence-corrected chi connectivity index (χ4v) is 6.56. The molecule has 0 N–H and O–H groups in total. The van der Waals surface area contributed by atoms with Crippen LogP contribution in [-0.2, 0) is 9.59 Å². The van der Waals surface area contributed by atoms with Crippen LogP contribution in [0.4, 0.5) is 0 Å². The van der Waals surface area contributed by atoms with Crippen LogP contribution in [0.2, 0.25) is 0 Å². The summed E-state index contributed by atoms with van der Waals surface area (Å²) in [6.07, 6.45) is 2.61. The highest BCUT2D eigenvalue weighted by atomic mass is 16.1. The zero-order valence-electron chi connectivity index (χ0n) is 14.6. The zero-order valence-corrected chi connectivity index (χ0v) is 14.6. The van der Waals surface area contributed by atoms with Gasteiger partial charge in [-0.25, -0.2) is 0 Å². The summed E-state index contributed by atoms with van der Waals surface area (Å²) in [5.41, 5.74) is 2.43. The van der Waals surface area contributed by atoms with Crippen molar-refractivity contribution in [2.24, 2.45) is 28.6 Å². The van der Waals surface area contributed by atoms with Crippen molar-refractivity contribution in [1.82, 2.24) is 0 Å². The lowest BCUT2D eigenvalue weighted by atomic mass is 9.44. The minimum Gasteiger partial charge on any atom is -0.300 e. The van der Waals surface area contributed by atoms with E-state index in [1.54, 1.807) is 6.92 Å². The molecule has 0 unspecified atom stereocenters. The van der Waals surface area contributed by atoms with Crippen molar-refractivity contribution in [2.45, 2.75) is 52.9 Å². The van der Waals surface area contributed by atoms with Crippen LogP contribution < -0.4 is 0 Å². The second-order valence-corrected chi connectivity index (χ2v) is 8.81. The van der Waals surface area contributed by atoms with Gasteiger partial charge in [-0.3, -0.25) is 9.59 Å². The average molecular weight is 310 g/mol. The van der Waals surface area contributed by atoms with Gasteiger partial charge in [0.1, 0.15) is 11.6 Å². The number of Topliss-reactive ketones (excluding diaryl/α,β-unsaturated/α-hetero) is 2. The van der Waals surface area contributed by atoms with Crippen LogP contribution in [0.5, 0.6) is 0 Å². The topological polar surface area (TPSA) is 34.1 Å². The molecule has 4 fully saturated rings. The summed E-state index contributed by atoms with van der Waals surface area (Å²) in [6, 6.07) is 8.47. The molecule has 0 aliphatic heterocycles. The normalized spacial score (nSPS) is 44.6. The first-order valence-corrected chi connectivity index (χ1v) is 8.87. The first kappa shape index (κ1) is 15.1. The first-order valence-electron chi connectivity index (χ1n) is 8.87. The van der Waals surface area contributed by atoms with E-state index in [0.717, 1.165) is 12.8 Å². The Bertz CT molecular complexity index is 706. The Labute approximate surface area is 138 Å². The Morgan fingerprint density at radius 2 is 1.91 bits per heavy atom. The number of aryl methyl sites for hydroxylation is 1. The molecular weight excluding hydrogens is 284 g/mol. The van der Waals surface area contributed by atoms with E-state index in [9.17, 15) is 9.59 Å². The molecule has 0 amide bonds. The van der Waals surface area contributed by atoms with Crippen molar-refractivity contribution in [1.29, 1.82) is 0 Å². The molecule has 1 aromatic rings. The zero-order chi connectivity index (χ0) is 16.6. The summed E-state index contributed by atoms with van der Waals surface area (Å²) in [5, 5.41) is 0. The van der Waals surface area contributed by atoms with Gasteiger partial charge in [-0.05, 0) is 55.1 Å². The van der Waals surface area contributed by atoms with Crippen LogP contribution in [0.1, 0.15) is 57.1 Å². The van der Waals surface area contributed by atoms with Gasteiger partial charge in [-0.15, -0.1) is 0 Å². The van der Waals surface area contributed by atoms with Crippen LogP contribution >= 0.6 is 0 Å². The standard InChI is InChI=1S/C21H26O2/c1-12-7-5-6-8-14(12)19-18-15(13(2)22)10-20(3)11-21(19,4)17(23)9-16(18)20/h5-8,15-16,18-19H,9-11H2,1-4H3/t15-,16-,18-,19+,20-,21+/m1/s1. The number of fused-ring (bicyclic) bond motifs is 1. The highest BCUT2D eigenvalue weighted by Crippen LogP contribution is 2.73. The van der Waals surface area contributed by atoms with E-state index < -0.39 is 0 Å².